The van der Waals surface area contributed by atoms with Crippen LogP contribution in [-0.2, 0) is 6.54 Å². The Labute approximate surface area is 170 Å². The van der Waals surface area contributed by atoms with Crippen molar-refractivity contribution in [3.8, 4) is 0 Å². The van der Waals surface area contributed by atoms with Gasteiger partial charge in [0.05, 0.1) is 16.8 Å². The highest BCUT2D eigenvalue weighted by atomic mass is 32.1. The van der Waals surface area contributed by atoms with Crippen molar-refractivity contribution in [1.29, 1.82) is 0 Å². The lowest BCUT2D eigenvalue weighted by atomic mass is 10.1. The smallest absolute Gasteiger partial charge is 0.260 e. The van der Waals surface area contributed by atoms with Crippen LogP contribution in [0.15, 0.2) is 54.9 Å². The van der Waals surface area contributed by atoms with Crippen LogP contribution in [0.3, 0.4) is 0 Å². The molecule has 0 saturated heterocycles. The zero-order valence-corrected chi connectivity index (χ0v) is 16.6. The van der Waals surface area contributed by atoms with E-state index in [4.69, 9.17) is 0 Å². The Morgan fingerprint density at radius 2 is 1.86 bits per heavy atom. The number of aromatic nitrogens is 2. The molecule has 2 aromatic carbocycles. The lowest BCUT2D eigenvalue weighted by molar-refractivity contribution is 0.0984. The minimum Gasteiger partial charge on any atom is -0.279 e. The molecule has 2 heterocycles. The minimum absolute atomic E-state index is 0.0550. The number of carbonyl (C=O) groups is 1. The van der Waals surface area contributed by atoms with E-state index < -0.39 is 17.5 Å². The summed E-state index contributed by atoms with van der Waals surface area (Å²) in [6, 6.07) is 10.8. The molecular weight excluding hydrogens is 392 g/mol. The Balaban J connectivity index is 1.79. The number of aryl methyl sites for hydroxylation is 2. The molecule has 4 nitrogen and oxygen atoms in total. The Morgan fingerprint density at radius 3 is 2.59 bits per heavy atom. The molecule has 2 aromatic heterocycles. The van der Waals surface area contributed by atoms with Crippen molar-refractivity contribution in [2.45, 2.75) is 20.4 Å². The average Bonchev–Trinajstić information content (AvgIpc) is 3.11. The Bertz CT molecular complexity index is 1170. The predicted octanol–water partition coefficient (Wildman–Crippen LogP) is 5.43. The first kappa shape index (κ1) is 19.1. The van der Waals surface area contributed by atoms with Crippen LogP contribution in [0.2, 0.25) is 0 Å². The number of fused-ring (bicyclic) bond motifs is 1. The van der Waals surface area contributed by atoms with Gasteiger partial charge in [-0.2, -0.15) is 0 Å². The second-order valence-electron chi connectivity index (χ2n) is 6.78. The third kappa shape index (κ3) is 3.86. The predicted molar refractivity (Wildman–Crippen MR) is 110 cm³/mol. The van der Waals surface area contributed by atoms with E-state index in [0.29, 0.717) is 5.13 Å². The topological polar surface area (TPSA) is 46.1 Å². The fraction of sp³-hybridized carbons (Fsp3) is 0.136. The van der Waals surface area contributed by atoms with Gasteiger partial charge in [0.1, 0.15) is 0 Å². The highest BCUT2D eigenvalue weighted by Crippen LogP contribution is 2.32. The molecule has 0 saturated carbocycles. The zero-order chi connectivity index (χ0) is 20.5. The Kier molecular flexibility index (Phi) is 5.07. The summed E-state index contributed by atoms with van der Waals surface area (Å²) in [5, 5.41) is 0.489. The van der Waals surface area contributed by atoms with Crippen LogP contribution in [0.1, 0.15) is 27.0 Å². The van der Waals surface area contributed by atoms with Gasteiger partial charge in [-0.05, 0) is 66.9 Å². The molecule has 0 aliphatic carbocycles. The van der Waals surface area contributed by atoms with Crippen LogP contribution in [-0.4, -0.2) is 15.9 Å². The first-order valence-corrected chi connectivity index (χ1v) is 9.77. The van der Waals surface area contributed by atoms with Crippen molar-refractivity contribution in [3.05, 3.63) is 88.7 Å². The van der Waals surface area contributed by atoms with E-state index in [1.807, 2.05) is 32.0 Å². The molecule has 7 heteroatoms. The van der Waals surface area contributed by atoms with Gasteiger partial charge in [-0.25, -0.2) is 13.8 Å². The van der Waals surface area contributed by atoms with E-state index in [1.165, 1.54) is 22.3 Å². The summed E-state index contributed by atoms with van der Waals surface area (Å²) in [6.45, 7) is 4.24. The van der Waals surface area contributed by atoms with Gasteiger partial charge in [-0.15, -0.1) is 0 Å². The van der Waals surface area contributed by atoms with Gasteiger partial charge in [-0.3, -0.25) is 14.7 Å². The molecule has 0 bridgehead atoms. The van der Waals surface area contributed by atoms with Crippen molar-refractivity contribution in [2.75, 3.05) is 4.90 Å². The number of hydrogen-bond donors (Lipinski definition) is 0. The van der Waals surface area contributed by atoms with Crippen molar-refractivity contribution >= 4 is 32.6 Å². The van der Waals surface area contributed by atoms with Crippen LogP contribution in [0.5, 0.6) is 0 Å². The molecule has 0 N–H and O–H groups in total. The van der Waals surface area contributed by atoms with Crippen molar-refractivity contribution in [3.63, 3.8) is 0 Å². The number of thiazole rings is 1. The number of anilines is 1. The standard InChI is InChI=1S/C22H17F2N3OS/c1-13-8-19-20(9-14(13)2)29-22(26-19)27(12-15-4-3-7-25-11-15)21(28)16-5-6-17(23)18(24)10-16/h3-11H,12H2,1-2H3. The third-order valence-electron chi connectivity index (χ3n) is 4.70. The quantitative estimate of drug-likeness (QED) is 0.451. The first-order valence-electron chi connectivity index (χ1n) is 8.96. The fourth-order valence-corrected chi connectivity index (χ4v) is 4.01. The van der Waals surface area contributed by atoms with Crippen LogP contribution < -0.4 is 4.90 Å². The maximum absolute atomic E-state index is 13.7. The lowest BCUT2D eigenvalue weighted by Crippen LogP contribution is -2.30. The molecule has 4 aromatic rings. The largest absolute Gasteiger partial charge is 0.279 e. The summed E-state index contributed by atoms with van der Waals surface area (Å²) < 4.78 is 28.0. The SMILES string of the molecule is Cc1cc2nc(N(Cc3cccnc3)C(=O)c3ccc(F)c(F)c3)sc2cc1C. The molecule has 0 fully saturated rings. The van der Waals surface area contributed by atoms with E-state index in [0.717, 1.165) is 39.0 Å². The fourth-order valence-electron chi connectivity index (χ4n) is 2.97. The highest BCUT2D eigenvalue weighted by molar-refractivity contribution is 7.22. The summed E-state index contributed by atoms with van der Waals surface area (Å²) in [5.41, 5.74) is 3.90. The number of rotatable bonds is 4. The number of halogens is 2. The molecule has 0 aliphatic rings. The highest BCUT2D eigenvalue weighted by Gasteiger charge is 2.23. The third-order valence-corrected chi connectivity index (χ3v) is 5.74. The molecule has 4 rings (SSSR count). The van der Waals surface area contributed by atoms with Gasteiger partial charge in [-0.1, -0.05) is 17.4 Å². The second-order valence-corrected chi connectivity index (χ2v) is 7.79. The molecular formula is C22H17F2N3OS. The van der Waals surface area contributed by atoms with Gasteiger partial charge >= 0.3 is 0 Å². The molecule has 29 heavy (non-hydrogen) atoms. The zero-order valence-electron chi connectivity index (χ0n) is 15.8. The lowest BCUT2D eigenvalue weighted by Gasteiger charge is -2.20. The summed E-state index contributed by atoms with van der Waals surface area (Å²) >= 11 is 1.38. The molecule has 0 atom stereocenters. The van der Waals surface area contributed by atoms with E-state index in [9.17, 15) is 13.6 Å². The number of carbonyl (C=O) groups excluding carboxylic acids is 1. The van der Waals surface area contributed by atoms with Gasteiger partial charge in [0.15, 0.2) is 16.8 Å². The van der Waals surface area contributed by atoms with Crippen LogP contribution >= 0.6 is 11.3 Å². The molecule has 146 valence electrons. The van der Waals surface area contributed by atoms with Crippen LogP contribution in [0.25, 0.3) is 10.2 Å². The molecule has 1 amide bonds. The monoisotopic (exact) mass is 409 g/mol. The summed E-state index contributed by atoms with van der Waals surface area (Å²) in [6.07, 6.45) is 3.31. The summed E-state index contributed by atoms with van der Waals surface area (Å²) in [4.78, 5) is 23.4. The number of pyridine rings is 1. The molecule has 0 radical (unpaired) electrons. The Morgan fingerprint density at radius 1 is 1.07 bits per heavy atom. The van der Waals surface area contributed by atoms with Crippen LogP contribution in [0, 0.1) is 25.5 Å². The molecule has 0 unspecified atom stereocenters. The summed E-state index contributed by atoms with van der Waals surface area (Å²) in [5.74, 6) is -2.51. The van der Waals surface area contributed by atoms with Crippen molar-refractivity contribution < 1.29 is 13.6 Å². The van der Waals surface area contributed by atoms with Gasteiger partial charge in [0, 0.05) is 18.0 Å². The maximum Gasteiger partial charge on any atom is 0.260 e. The number of amides is 1. The van der Waals surface area contributed by atoms with E-state index in [1.54, 1.807) is 18.5 Å². The number of nitrogens with zero attached hydrogens (tertiary/aromatic N) is 3. The normalized spacial score (nSPS) is 11.0. The molecule has 0 spiro atoms. The number of hydrogen-bond acceptors (Lipinski definition) is 4. The first-order chi connectivity index (χ1) is 13.9. The summed E-state index contributed by atoms with van der Waals surface area (Å²) in [7, 11) is 0. The molecule has 0 aliphatic heterocycles. The van der Waals surface area contributed by atoms with E-state index in [2.05, 4.69) is 9.97 Å². The van der Waals surface area contributed by atoms with E-state index in [-0.39, 0.29) is 12.1 Å². The van der Waals surface area contributed by atoms with E-state index >= 15 is 0 Å². The van der Waals surface area contributed by atoms with Crippen molar-refractivity contribution in [1.82, 2.24) is 9.97 Å². The van der Waals surface area contributed by atoms with Gasteiger partial charge < -0.3 is 0 Å². The average molecular weight is 409 g/mol. The van der Waals surface area contributed by atoms with Crippen LogP contribution in [0.4, 0.5) is 13.9 Å². The van der Waals surface area contributed by atoms with Gasteiger partial charge in [0.25, 0.3) is 5.91 Å². The number of benzene rings is 2. The maximum atomic E-state index is 13.7. The minimum atomic E-state index is -1.06. The second kappa shape index (κ2) is 7.67. The van der Waals surface area contributed by atoms with Gasteiger partial charge in [0.2, 0.25) is 0 Å². The Hall–Kier alpha value is -3.19. The van der Waals surface area contributed by atoms with Crippen molar-refractivity contribution in [2.24, 2.45) is 0 Å².